The Morgan fingerprint density at radius 3 is 3.00 bits per heavy atom. The second-order valence-corrected chi connectivity index (χ2v) is 6.15. The summed E-state index contributed by atoms with van der Waals surface area (Å²) in [6, 6.07) is 3.58. The van der Waals surface area contributed by atoms with Crippen molar-refractivity contribution < 1.29 is 9.53 Å². The van der Waals surface area contributed by atoms with E-state index in [1.165, 1.54) is 11.3 Å². The van der Waals surface area contributed by atoms with Crippen molar-refractivity contribution in [2.45, 2.75) is 0 Å². The lowest BCUT2D eigenvalue weighted by Crippen LogP contribution is -2.08. The van der Waals surface area contributed by atoms with Gasteiger partial charge in [0.05, 0.1) is 23.1 Å². The summed E-state index contributed by atoms with van der Waals surface area (Å²) in [5.74, 6) is 0.724. The van der Waals surface area contributed by atoms with Crippen molar-refractivity contribution in [3.8, 4) is 17.3 Å². The fraction of sp³-hybridized carbons (Fsp3) is 0.0833. The van der Waals surface area contributed by atoms with Crippen LogP contribution < -0.4 is 10.5 Å². The second kappa shape index (κ2) is 5.02. The number of fused-ring (bicyclic) bond motifs is 1. The molecule has 0 fully saturated rings. The molecule has 0 spiro atoms. The summed E-state index contributed by atoms with van der Waals surface area (Å²) >= 11 is 3.46. The second-order valence-electron chi connectivity index (χ2n) is 3.96. The van der Waals surface area contributed by atoms with E-state index in [0.717, 1.165) is 19.5 Å². The SMILES string of the molecule is COc1nccc(I)c1-c1nc2sc(C(N)=O)cc2[nH]1. The number of hydrogen-bond donors (Lipinski definition) is 2. The van der Waals surface area contributed by atoms with Crippen molar-refractivity contribution in [3.05, 3.63) is 26.8 Å². The van der Waals surface area contributed by atoms with Crippen molar-refractivity contribution >= 4 is 50.2 Å². The number of halogens is 1. The number of nitrogens with one attached hydrogen (secondary N) is 1. The molecule has 0 aliphatic rings. The van der Waals surface area contributed by atoms with Gasteiger partial charge in [-0.1, -0.05) is 0 Å². The zero-order valence-electron chi connectivity index (χ0n) is 10.3. The molecular weight excluding hydrogens is 391 g/mol. The molecule has 6 nitrogen and oxygen atoms in total. The molecule has 0 saturated heterocycles. The average molecular weight is 400 g/mol. The van der Waals surface area contributed by atoms with Crippen LogP contribution in [-0.4, -0.2) is 28.0 Å². The number of amides is 1. The highest BCUT2D eigenvalue weighted by Crippen LogP contribution is 2.33. The van der Waals surface area contributed by atoms with E-state index in [2.05, 4.69) is 37.5 Å². The average Bonchev–Trinajstić information content (AvgIpc) is 2.96. The Morgan fingerprint density at radius 1 is 1.55 bits per heavy atom. The molecule has 0 aromatic carbocycles. The van der Waals surface area contributed by atoms with Crippen LogP contribution in [0.5, 0.6) is 5.88 Å². The topological polar surface area (TPSA) is 93.9 Å². The zero-order valence-corrected chi connectivity index (χ0v) is 13.3. The normalized spacial score (nSPS) is 10.9. The summed E-state index contributed by atoms with van der Waals surface area (Å²) in [5.41, 5.74) is 6.84. The van der Waals surface area contributed by atoms with Crippen LogP contribution in [-0.2, 0) is 0 Å². The van der Waals surface area contributed by atoms with Crippen LogP contribution in [0.2, 0.25) is 0 Å². The van der Waals surface area contributed by atoms with Gasteiger partial charge >= 0.3 is 0 Å². The summed E-state index contributed by atoms with van der Waals surface area (Å²) < 4.78 is 6.25. The number of primary amides is 1. The smallest absolute Gasteiger partial charge is 0.258 e. The van der Waals surface area contributed by atoms with E-state index >= 15 is 0 Å². The van der Waals surface area contributed by atoms with Crippen LogP contribution >= 0.6 is 33.9 Å². The Bertz CT molecular complexity index is 780. The van der Waals surface area contributed by atoms with Crippen LogP contribution in [0, 0.1) is 3.57 Å². The van der Waals surface area contributed by atoms with Crippen molar-refractivity contribution in [2.24, 2.45) is 5.73 Å². The van der Waals surface area contributed by atoms with E-state index in [1.54, 1.807) is 19.4 Å². The van der Waals surface area contributed by atoms with Gasteiger partial charge in [0.2, 0.25) is 5.88 Å². The Balaban J connectivity index is 2.16. The van der Waals surface area contributed by atoms with Crippen molar-refractivity contribution in [1.82, 2.24) is 15.0 Å². The number of carbonyl (C=O) groups is 1. The molecule has 0 atom stereocenters. The molecule has 0 unspecified atom stereocenters. The van der Waals surface area contributed by atoms with E-state index in [4.69, 9.17) is 10.5 Å². The van der Waals surface area contributed by atoms with Crippen LogP contribution in [0.1, 0.15) is 9.67 Å². The molecule has 1 amide bonds. The van der Waals surface area contributed by atoms with Gasteiger partial charge in [-0.3, -0.25) is 4.79 Å². The minimum Gasteiger partial charge on any atom is -0.480 e. The molecule has 3 rings (SSSR count). The molecule has 0 radical (unpaired) electrons. The first-order chi connectivity index (χ1) is 9.60. The van der Waals surface area contributed by atoms with E-state index in [-0.39, 0.29) is 0 Å². The summed E-state index contributed by atoms with van der Waals surface area (Å²) in [5, 5.41) is 0. The summed E-state index contributed by atoms with van der Waals surface area (Å²) in [4.78, 5) is 24.2. The maximum absolute atomic E-state index is 11.1. The third-order valence-corrected chi connectivity index (χ3v) is 4.66. The van der Waals surface area contributed by atoms with Gasteiger partial charge in [0.1, 0.15) is 10.7 Å². The Hall–Kier alpha value is -1.68. The van der Waals surface area contributed by atoms with Crippen LogP contribution in [0.25, 0.3) is 21.7 Å². The van der Waals surface area contributed by atoms with Gasteiger partial charge in [0.15, 0.2) is 0 Å². The number of hydrogen-bond acceptors (Lipinski definition) is 5. The third-order valence-electron chi connectivity index (χ3n) is 2.72. The number of nitrogens with two attached hydrogens (primary N) is 1. The standard InChI is InChI=1S/C12H9IN4O2S/c1-19-11-8(5(13)2-3-15-11)10-16-6-4-7(9(14)18)20-12(6)17-10/h2-4H,1H3,(H2,14,18)(H,16,17). The fourth-order valence-corrected chi connectivity index (χ4v) is 3.33. The number of rotatable bonds is 3. The number of imidazole rings is 1. The van der Waals surface area contributed by atoms with Gasteiger partial charge in [0.25, 0.3) is 5.91 Å². The number of carbonyl (C=O) groups excluding carboxylic acids is 1. The molecule has 8 heteroatoms. The number of pyridine rings is 1. The lowest BCUT2D eigenvalue weighted by atomic mass is 10.2. The molecule has 0 saturated carbocycles. The zero-order chi connectivity index (χ0) is 14.3. The molecule has 20 heavy (non-hydrogen) atoms. The molecule has 0 aliphatic carbocycles. The maximum Gasteiger partial charge on any atom is 0.258 e. The summed E-state index contributed by atoms with van der Waals surface area (Å²) in [6.07, 6.45) is 1.68. The van der Waals surface area contributed by atoms with Crippen LogP contribution in [0.4, 0.5) is 0 Å². The van der Waals surface area contributed by atoms with Crippen LogP contribution in [0.3, 0.4) is 0 Å². The molecule has 0 bridgehead atoms. The lowest BCUT2D eigenvalue weighted by molar-refractivity contribution is 0.100. The van der Waals surface area contributed by atoms with E-state index < -0.39 is 5.91 Å². The highest BCUT2D eigenvalue weighted by Gasteiger charge is 2.17. The highest BCUT2D eigenvalue weighted by atomic mass is 127. The number of methoxy groups -OCH3 is 1. The van der Waals surface area contributed by atoms with Gasteiger partial charge in [0, 0.05) is 9.77 Å². The monoisotopic (exact) mass is 400 g/mol. The maximum atomic E-state index is 11.1. The number of thiophene rings is 1. The number of ether oxygens (including phenoxy) is 1. The highest BCUT2D eigenvalue weighted by molar-refractivity contribution is 14.1. The number of aromatic amines is 1. The van der Waals surface area contributed by atoms with Gasteiger partial charge in [-0.05, 0) is 34.7 Å². The summed E-state index contributed by atoms with van der Waals surface area (Å²) in [6.45, 7) is 0. The molecule has 3 aromatic heterocycles. The minimum absolute atomic E-state index is 0.448. The Kier molecular flexibility index (Phi) is 3.34. The molecule has 3 heterocycles. The number of H-pyrrole nitrogens is 1. The predicted octanol–water partition coefficient (Wildman–Crippen LogP) is 2.40. The molecule has 3 N–H and O–H groups in total. The summed E-state index contributed by atoms with van der Waals surface area (Å²) in [7, 11) is 1.57. The molecule has 102 valence electrons. The van der Waals surface area contributed by atoms with Crippen LogP contribution in [0.15, 0.2) is 18.3 Å². The first-order valence-corrected chi connectivity index (χ1v) is 7.48. The number of nitrogens with zero attached hydrogens (tertiary/aromatic N) is 2. The van der Waals surface area contributed by atoms with Crippen molar-refractivity contribution in [3.63, 3.8) is 0 Å². The van der Waals surface area contributed by atoms with E-state index in [1.807, 2.05) is 6.07 Å². The predicted molar refractivity (Wildman–Crippen MR) is 85.0 cm³/mol. The van der Waals surface area contributed by atoms with E-state index in [0.29, 0.717) is 16.6 Å². The van der Waals surface area contributed by atoms with Crippen molar-refractivity contribution in [1.29, 1.82) is 0 Å². The third kappa shape index (κ3) is 2.14. The lowest BCUT2D eigenvalue weighted by Gasteiger charge is -2.06. The first-order valence-electron chi connectivity index (χ1n) is 5.58. The number of aromatic nitrogens is 3. The van der Waals surface area contributed by atoms with Gasteiger partial charge in [-0.15, -0.1) is 11.3 Å². The minimum atomic E-state index is -0.448. The molecular formula is C12H9IN4O2S. The van der Waals surface area contributed by atoms with Crippen molar-refractivity contribution in [2.75, 3.05) is 7.11 Å². The van der Waals surface area contributed by atoms with Gasteiger partial charge in [-0.25, -0.2) is 9.97 Å². The molecule has 3 aromatic rings. The van der Waals surface area contributed by atoms with Gasteiger partial charge < -0.3 is 15.5 Å². The Labute approximate surface area is 131 Å². The fourth-order valence-electron chi connectivity index (χ4n) is 1.84. The largest absolute Gasteiger partial charge is 0.480 e. The van der Waals surface area contributed by atoms with E-state index in [9.17, 15) is 4.79 Å². The quantitative estimate of drug-likeness (QED) is 0.661. The Morgan fingerprint density at radius 2 is 2.35 bits per heavy atom. The van der Waals surface area contributed by atoms with Gasteiger partial charge in [-0.2, -0.15) is 0 Å². The first kappa shape index (κ1) is 13.3. The molecule has 0 aliphatic heterocycles.